The third-order valence-electron chi connectivity index (χ3n) is 6.46. The third kappa shape index (κ3) is 5.39. The molecule has 4 N–H and O–H groups in total. The topological polar surface area (TPSA) is 158 Å². The lowest BCUT2D eigenvalue weighted by atomic mass is 9.94. The van der Waals surface area contributed by atoms with E-state index in [0.717, 1.165) is 28.6 Å². The van der Waals surface area contributed by atoms with Crippen molar-refractivity contribution in [3.8, 4) is 11.5 Å². The lowest BCUT2D eigenvalue weighted by Gasteiger charge is -2.34. The van der Waals surface area contributed by atoms with E-state index in [9.17, 15) is 9.59 Å². The molecule has 0 radical (unpaired) electrons. The SMILES string of the molecule is C[C@H](NC(=O)O)C(=O)N1CCCC(CCn2c(Sc3cc4c(cc3Br)OCO4)nc3c(N)ncnc32)C1. The van der Waals surface area contributed by atoms with E-state index in [1.807, 2.05) is 16.7 Å². The highest BCUT2D eigenvalue weighted by Crippen LogP contribution is 2.43. The van der Waals surface area contributed by atoms with Crippen molar-refractivity contribution in [2.45, 2.75) is 48.8 Å². The molecule has 2 amide bonds. The maximum absolute atomic E-state index is 12.7. The average Bonchev–Trinajstić information content (AvgIpc) is 3.46. The van der Waals surface area contributed by atoms with Crippen LogP contribution in [0.25, 0.3) is 11.2 Å². The molecule has 14 heteroatoms. The first-order valence-corrected chi connectivity index (χ1v) is 13.4. The number of rotatable bonds is 7. The van der Waals surface area contributed by atoms with Crippen LogP contribution in [0.2, 0.25) is 0 Å². The van der Waals surface area contributed by atoms with E-state index in [2.05, 4.69) is 31.2 Å². The molecule has 1 fully saturated rings. The van der Waals surface area contributed by atoms with Crippen LogP contribution in [-0.4, -0.2) is 67.5 Å². The zero-order valence-corrected chi connectivity index (χ0v) is 22.4. The quantitative estimate of drug-likeness (QED) is 0.372. The molecule has 37 heavy (non-hydrogen) atoms. The molecule has 2 aliphatic rings. The zero-order chi connectivity index (χ0) is 26.1. The molecule has 1 unspecified atom stereocenters. The summed E-state index contributed by atoms with van der Waals surface area (Å²) >= 11 is 5.07. The van der Waals surface area contributed by atoms with Crippen molar-refractivity contribution >= 4 is 56.7 Å². The van der Waals surface area contributed by atoms with E-state index < -0.39 is 12.1 Å². The van der Waals surface area contributed by atoms with Gasteiger partial charge < -0.3 is 35.1 Å². The third-order valence-corrected chi connectivity index (χ3v) is 8.43. The summed E-state index contributed by atoms with van der Waals surface area (Å²) in [5.74, 6) is 1.71. The lowest BCUT2D eigenvalue weighted by Crippen LogP contribution is -2.49. The summed E-state index contributed by atoms with van der Waals surface area (Å²) in [5.41, 5.74) is 7.30. The van der Waals surface area contributed by atoms with Gasteiger partial charge in [-0.15, -0.1) is 0 Å². The number of aromatic nitrogens is 4. The van der Waals surface area contributed by atoms with E-state index in [-0.39, 0.29) is 18.6 Å². The number of fused-ring (bicyclic) bond motifs is 2. The Balaban J connectivity index is 1.35. The minimum atomic E-state index is -1.21. The molecule has 1 aromatic carbocycles. The molecular weight excluding hydrogens is 566 g/mol. The number of likely N-dealkylation sites (tertiary alicyclic amines) is 1. The summed E-state index contributed by atoms with van der Waals surface area (Å²) in [6.07, 6.45) is 2.85. The van der Waals surface area contributed by atoms with Crippen LogP contribution in [0, 0.1) is 5.92 Å². The fraction of sp³-hybridized carbons (Fsp3) is 0.435. The van der Waals surface area contributed by atoms with Crippen molar-refractivity contribution in [1.82, 2.24) is 29.7 Å². The van der Waals surface area contributed by atoms with Crippen molar-refractivity contribution in [3.05, 3.63) is 22.9 Å². The standard InChI is InChI=1S/C23H26BrN7O5S/c1-12(28-23(33)34)21(32)30-5-2-3-13(9-30)4-6-31-20-18(19(25)26-10-27-20)29-22(31)37-17-8-16-15(7-14(17)24)35-11-36-16/h7-8,10,12-13,28H,2-6,9,11H2,1H3,(H,33,34)(H2,25,26,27)/t12-,13?/m0/s1. The van der Waals surface area contributed by atoms with Gasteiger partial charge in [0.15, 0.2) is 33.6 Å². The van der Waals surface area contributed by atoms with Crippen LogP contribution >= 0.6 is 27.7 Å². The predicted molar refractivity (Wildman–Crippen MR) is 139 cm³/mol. The molecule has 5 rings (SSSR count). The Labute approximate surface area is 225 Å². The number of benzene rings is 1. The van der Waals surface area contributed by atoms with Crippen LogP contribution in [0.3, 0.4) is 0 Å². The van der Waals surface area contributed by atoms with Crippen molar-refractivity contribution in [1.29, 1.82) is 0 Å². The van der Waals surface area contributed by atoms with Gasteiger partial charge in [-0.2, -0.15) is 0 Å². The van der Waals surface area contributed by atoms with Gasteiger partial charge in [0.25, 0.3) is 0 Å². The van der Waals surface area contributed by atoms with E-state index in [1.54, 1.807) is 11.8 Å². The molecule has 2 atom stereocenters. The molecule has 12 nitrogen and oxygen atoms in total. The number of carbonyl (C=O) groups is 2. The van der Waals surface area contributed by atoms with Gasteiger partial charge >= 0.3 is 6.09 Å². The number of piperidine rings is 1. The number of amides is 2. The van der Waals surface area contributed by atoms with Crippen molar-refractivity contribution in [2.75, 3.05) is 25.6 Å². The van der Waals surface area contributed by atoms with Crippen molar-refractivity contribution in [2.24, 2.45) is 5.92 Å². The number of ether oxygens (including phenoxy) is 2. The summed E-state index contributed by atoms with van der Waals surface area (Å²) in [6.45, 7) is 3.57. The predicted octanol–water partition coefficient (Wildman–Crippen LogP) is 3.34. The zero-order valence-electron chi connectivity index (χ0n) is 20.0. The summed E-state index contributed by atoms with van der Waals surface area (Å²) in [4.78, 5) is 39.6. The lowest BCUT2D eigenvalue weighted by molar-refractivity contribution is -0.134. The monoisotopic (exact) mass is 591 g/mol. The Bertz CT molecular complexity index is 1350. The number of anilines is 1. The number of hydrogen-bond acceptors (Lipinski definition) is 9. The van der Waals surface area contributed by atoms with Crippen LogP contribution in [0.4, 0.5) is 10.6 Å². The highest BCUT2D eigenvalue weighted by Gasteiger charge is 2.28. The molecule has 2 aliphatic heterocycles. The second kappa shape index (κ2) is 10.6. The molecule has 0 aliphatic carbocycles. The number of nitrogens with one attached hydrogen (secondary N) is 1. The molecule has 3 aromatic rings. The maximum atomic E-state index is 12.7. The van der Waals surface area contributed by atoms with Gasteiger partial charge in [-0.05, 0) is 60.2 Å². The smallest absolute Gasteiger partial charge is 0.405 e. The van der Waals surface area contributed by atoms with E-state index >= 15 is 0 Å². The van der Waals surface area contributed by atoms with Crippen LogP contribution in [0.15, 0.2) is 33.0 Å². The normalized spacial score (nSPS) is 17.7. The molecular formula is C23H26BrN7O5S. The second-order valence-corrected chi connectivity index (χ2v) is 10.8. The molecule has 196 valence electrons. The Morgan fingerprint density at radius 1 is 1.32 bits per heavy atom. The molecule has 0 spiro atoms. The summed E-state index contributed by atoms with van der Waals surface area (Å²) in [7, 11) is 0. The van der Waals surface area contributed by atoms with Crippen LogP contribution < -0.4 is 20.5 Å². The minimum Gasteiger partial charge on any atom is -0.465 e. The van der Waals surface area contributed by atoms with Crippen molar-refractivity contribution in [3.63, 3.8) is 0 Å². The van der Waals surface area contributed by atoms with Crippen LogP contribution in [-0.2, 0) is 11.3 Å². The minimum absolute atomic E-state index is 0.187. The van der Waals surface area contributed by atoms with E-state index in [0.29, 0.717) is 53.3 Å². The van der Waals surface area contributed by atoms with Gasteiger partial charge in [0.05, 0.1) is 0 Å². The number of nitrogens with zero attached hydrogens (tertiary/aromatic N) is 5. The van der Waals surface area contributed by atoms with Crippen LogP contribution in [0.1, 0.15) is 26.2 Å². The molecule has 4 heterocycles. The number of imidazole rings is 1. The number of carboxylic acid groups (broad SMARTS) is 1. The largest absolute Gasteiger partial charge is 0.465 e. The van der Waals surface area contributed by atoms with Gasteiger partial charge in [0, 0.05) is 29.0 Å². The highest BCUT2D eigenvalue weighted by atomic mass is 79.9. The number of hydrogen-bond donors (Lipinski definition) is 3. The Morgan fingerprint density at radius 3 is 2.89 bits per heavy atom. The van der Waals surface area contributed by atoms with Crippen LogP contribution in [0.5, 0.6) is 11.5 Å². The second-order valence-electron chi connectivity index (χ2n) is 8.97. The Morgan fingerprint density at radius 2 is 2.11 bits per heavy atom. The van der Waals surface area contributed by atoms with Gasteiger partial charge in [0.1, 0.15) is 12.4 Å². The number of carbonyl (C=O) groups excluding carboxylic acids is 1. The first-order chi connectivity index (χ1) is 17.8. The maximum Gasteiger partial charge on any atom is 0.405 e. The molecule has 0 bridgehead atoms. The molecule has 0 saturated carbocycles. The summed E-state index contributed by atoms with van der Waals surface area (Å²) in [5, 5.41) is 11.9. The highest BCUT2D eigenvalue weighted by molar-refractivity contribution is 9.10. The number of aryl methyl sites for hydroxylation is 1. The fourth-order valence-electron chi connectivity index (χ4n) is 4.62. The molecule has 1 saturated heterocycles. The Hall–Kier alpha value is -3.26. The van der Waals surface area contributed by atoms with Gasteiger partial charge in [0.2, 0.25) is 12.7 Å². The number of halogens is 1. The first-order valence-electron chi connectivity index (χ1n) is 11.8. The number of nitrogen functional groups attached to an aromatic ring is 1. The van der Waals surface area contributed by atoms with E-state index in [4.69, 9.17) is 25.3 Å². The summed E-state index contributed by atoms with van der Waals surface area (Å²) in [6, 6.07) is 3.00. The average molecular weight is 592 g/mol. The van der Waals surface area contributed by atoms with Gasteiger partial charge in [-0.1, -0.05) is 11.8 Å². The fourth-order valence-corrected chi connectivity index (χ4v) is 6.13. The van der Waals surface area contributed by atoms with E-state index in [1.165, 1.54) is 18.1 Å². The first kappa shape index (κ1) is 25.4. The number of nitrogens with two attached hydrogens (primary N) is 1. The van der Waals surface area contributed by atoms with Gasteiger partial charge in [-0.3, -0.25) is 4.79 Å². The summed E-state index contributed by atoms with van der Waals surface area (Å²) < 4.78 is 13.9. The molecule has 2 aromatic heterocycles. The Kier molecular flexibility index (Phi) is 7.29. The van der Waals surface area contributed by atoms with Crippen molar-refractivity contribution < 1.29 is 24.2 Å². The van der Waals surface area contributed by atoms with Gasteiger partial charge in [-0.25, -0.2) is 19.7 Å².